The SMILES string of the molecule is O=C(/C=C/c1cccs1)Nc1cccc(S(=O)(=O)N2CCCC2)c1. The Morgan fingerprint density at radius 3 is 2.67 bits per heavy atom. The molecule has 1 aliphatic heterocycles. The van der Waals surface area contributed by atoms with Gasteiger partial charge in [-0.1, -0.05) is 12.1 Å². The summed E-state index contributed by atoms with van der Waals surface area (Å²) in [6, 6.07) is 10.2. The molecule has 126 valence electrons. The predicted molar refractivity (Wildman–Crippen MR) is 96.4 cm³/mol. The average molecular weight is 362 g/mol. The van der Waals surface area contributed by atoms with Crippen LogP contribution < -0.4 is 5.32 Å². The third-order valence-electron chi connectivity index (χ3n) is 3.75. The second-order valence-electron chi connectivity index (χ2n) is 5.48. The Morgan fingerprint density at radius 2 is 1.96 bits per heavy atom. The molecule has 3 rings (SSSR count). The van der Waals surface area contributed by atoms with E-state index in [1.54, 1.807) is 24.3 Å². The minimum atomic E-state index is -3.48. The number of nitrogens with zero attached hydrogens (tertiary/aromatic N) is 1. The van der Waals surface area contributed by atoms with E-state index < -0.39 is 10.0 Å². The minimum absolute atomic E-state index is 0.212. The molecule has 1 aliphatic rings. The summed E-state index contributed by atoms with van der Waals surface area (Å²) >= 11 is 1.54. The first-order valence-electron chi connectivity index (χ1n) is 7.68. The molecule has 0 unspecified atom stereocenters. The highest BCUT2D eigenvalue weighted by atomic mass is 32.2. The Kier molecular flexibility index (Phi) is 5.13. The Balaban J connectivity index is 1.72. The fourth-order valence-electron chi connectivity index (χ4n) is 2.54. The molecule has 1 aromatic heterocycles. The van der Waals surface area contributed by atoms with E-state index >= 15 is 0 Å². The molecule has 1 fully saturated rings. The molecule has 1 N–H and O–H groups in total. The molecule has 0 aliphatic carbocycles. The van der Waals surface area contributed by atoms with Crippen LogP contribution in [0, 0.1) is 0 Å². The minimum Gasteiger partial charge on any atom is -0.322 e. The van der Waals surface area contributed by atoms with Crippen molar-refractivity contribution in [3.63, 3.8) is 0 Å². The van der Waals surface area contributed by atoms with Gasteiger partial charge in [0.05, 0.1) is 4.90 Å². The topological polar surface area (TPSA) is 66.5 Å². The van der Waals surface area contributed by atoms with Crippen molar-refractivity contribution in [2.75, 3.05) is 18.4 Å². The van der Waals surface area contributed by atoms with Gasteiger partial charge in [-0.25, -0.2) is 8.42 Å². The summed E-state index contributed by atoms with van der Waals surface area (Å²) in [4.78, 5) is 13.2. The van der Waals surface area contributed by atoms with Gasteiger partial charge in [-0.15, -0.1) is 11.3 Å². The zero-order valence-electron chi connectivity index (χ0n) is 13.0. The van der Waals surface area contributed by atoms with Crippen molar-refractivity contribution in [1.82, 2.24) is 4.31 Å². The molecule has 2 aromatic rings. The van der Waals surface area contributed by atoms with Gasteiger partial charge in [0.2, 0.25) is 15.9 Å². The second-order valence-corrected chi connectivity index (χ2v) is 8.39. The molecule has 0 spiro atoms. The monoisotopic (exact) mass is 362 g/mol. The molecule has 5 nitrogen and oxygen atoms in total. The van der Waals surface area contributed by atoms with Crippen LogP contribution in [0.3, 0.4) is 0 Å². The number of carbonyl (C=O) groups is 1. The number of hydrogen-bond donors (Lipinski definition) is 1. The summed E-state index contributed by atoms with van der Waals surface area (Å²) in [6.45, 7) is 1.12. The predicted octanol–water partition coefficient (Wildman–Crippen LogP) is 3.18. The van der Waals surface area contributed by atoms with Crippen LogP contribution in [0.15, 0.2) is 52.7 Å². The molecule has 1 aromatic carbocycles. The van der Waals surface area contributed by atoms with E-state index in [0.717, 1.165) is 17.7 Å². The van der Waals surface area contributed by atoms with Gasteiger partial charge in [-0.05, 0) is 48.6 Å². The number of hydrogen-bond acceptors (Lipinski definition) is 4. The van der Waals surface area contributed by atoms with E-state index in [4.69, 9.17) is 0 Å². The van der Waals surface area contributed by atoms with Gasteiger partial charge < -0.3 is 5.32 Å². The molecule has 0 atom stereocenters. The zero-order valence-corrected chi connectivity index (χ0v) is 14.6. The first kappa shape index (κ1) is 16.9. The highest BCUT2D eigenvalue weighted by Crippen LogP contribution is 2.23. The van der Waals surface area contributed by atoms with Crippen molar-refractivity contribution in [2.45, 2.75) is 17.7 Å². The summed E-state index contributed by atoms with van der Waals surface area (Å²) in [6.07, 6.45) is 4.95. The van der Waals surface area contributed by atoms with Crippen molar-refractivity contribution in [1.29, 1.82) is 0 Å². The van der Waals surface area contributed by atoms with Crippen LogP contribution in [0.4, 0.5) is 5.69 Å². The maximum absolute atomic E-state index is 12.6. The largest absolute Gasteiger partial charge is 0.322 e. The van der Waals surface area contributed by atoms with Gasteiger partial charge in [-0.2, -0.15) is 4.31 Å². The molecule has 2 heterocycles. The Morgan fingerprint density at radius 1 is 1.17 bits per heavy atom. The van der Waals surface area contributed by atoms with Gasteiger partial charge in [0.15, 0.2) is 0 Å². The lowest BCUT2D eigenvalue weighted by atomic mass is 10.3. The zero-order chi connectivity index (χ0) is 17.0. The van der Waals surface area contributed by atoms with Crippen molar-refractivity contribution >= 4 is 39.0 Å². The molecule has 1 saturated heterocycles. The number of amides is 1. The average Bonchev–Trinajstić information content (AvgIpc) is 3.27. The molecule has 1 amide bonds. The van der Waals surface area contributed by atoms with Gasteiger partial charge in [0.1, 0.15) is 0 Å². The van der Waals surface area contributed by atoms with E-state index in [-0.39, 0.29) is 10.8 Å². The van der Waals surface area contributed by atoms with Crippen LogP contribution in [-0.2, 0) is 14.8 Å². The fourth-order valence-corrected chi connectivity index (χ4v) is 4.72. The summed E-state index contributed by atoms with van der Waals surface area (Å²) in [5.74, 6) is -0.292. The van der Waals surface area contributed by atoms with Gasteiger partial charge in [0.25, 0.3) is 0 Å². The molecule has 7 heteroatoms. The van der Waals surface area contributed by atoms with Crippen molar-refractivity contribution in [3.05, 3.63) is 52.7 Å². The Labute approximate surface area is 145 Å². The number of sulfonamides is 1. The number of nitrogens with one attached hydrogen (secondary N) is 1. The molecule has 0 bridgehead atoms. The third kappa shape index (κ3) is 3.92. The number of carbonyl (C=O) groups excluding carboxylic acids is 1. The van der Waals surface area contributed by atoms with Crippen LogP contribution in [0.1, 0.15) is 17.7 Å². The van der Waals surface area contributed by atoms with E-state index in [0.29, 0.717) is 18.8 Å². The lowest BCUT2D eigenvalue weighted by Crippen LogP contribution is -2.27. The van der Waals surface area contributed by atoms with E-state index in [2.05, 4.69) is 5.32 Å². The lowest BCUT2D eigenvalue weighted by molar-refractivity contribution is -0.111. The Bertz CT molecular complexity index is 836. The second kappa shape index (κ2) is 7.29. The molecular weight excluding hydrogens is 344 g/mol. The van der Waals surface area contributed by atoms with Gasteiger partial charge in [-0.3, -0.25) is 4.79 Å². The van der Waals surface area contributed by atoms with Crippen LogP contribution in [0.25, 0.3) is 6.08 Å². The van der Waals surface area contributed by atoms with Crippen molar-refractivity contribution < 1.29 is 13.2 Å². The maximum Gasteiger partial charge on any atom is 0.248 e. The number of thiophene rings is 1. The molecule has 0 saturated carbocycles. The van der Waals surface area contributed by atoms with Crippen LogP contribution >= 0.6 is 11.3 Å². The quantitative estimate of drug-likeness (QED) is 0.831. The lowest BCUT2D eigenvalue weighted by Gasteiger charge is -2.16. The smallest absolute Gasteiger partial charge is 0.248 e. The number of rotatable bonds is 5. The maximum atomic E-state index is 12.6. The normalized spacial score (nSPS) is 15.8. The summed E-state index contributed by atoms with van der Waals surface area (Å²) in [7, 11) is -3.48. The summed E-state index contributed by atoms with van der Waals surface area (Å²) in [5, 5.41) is 4.64. The van der Waals surface area contributed by atoms with Crippen LogP contribution in [-0.4, -0.2) is 31.7 Å². The summed E-state index contributed by atoms with van der Waals surface area (Å²) < 4.78 is 26.6. The first-order valence-corrected chi connectivity index (χ1v) is 10.0. The molecular formula is C17H18N2O3S2. The number of anilines is 1. The molecule has 24 heavy (non-hydrogen) atoms. The highest BCUT2D eigenvalue weighted by molar-refractivity contribution is 7.89. The highest BCUT2D eigenvalue weighted by Gasteiger charge is 2.27. The summed E-state index contributed by atoms with van der Waals surface area (Å²) in [5.41, 5.74) is 0.469. The van der Waals surface area contributed by atoms with Gasteiger partial charge >= 0.3 is 0 Å². The van der Waals surface area contributed by atoms with Gasteiger partial charge in [0, 0.05) is 29.7 Å². The fraction of sp³-hybridized carbons (Fsp3) is 0.235. The van der Waals surface area contributed by atoms with E-state index in [9.17, 15) is 13.2 Å². The van der Waals surface area contributed by atoms with Crippen molar-refractivity contribution in [2.24, 2.45) is 0 Å². The standard InChI is InChI=1S/C17H18N2O3S2/c20-17(9-8-15-6-4-12-23-15)18-14-5-3-7-16(13-14)24(21,22)19-10-1-2-11-19/h3-9,12-13H,1-2,10-11H2,(H,18,20)/b9-8+. The van der Waals surface area contributed by atoms with E-state index in [1.807, 2.05) is 17.5 Å². The third-order valence-corrected chi connectivity index (χ3v) is 6.48. The Hall–Kier alpha value is -1.96. The van der Waals surface area contributed by atoms with Crippen LogP contribution in [0.5, 0.6) is 0 Å². The number of benzene rings is 1. The van der Waals surface area contributed by atoms with Crippen LogP contribution in [0.2, 0.25) is 0 Å². The van der Waals surface area contributed by atoms with E-state index in [1.165, 1.54) is 27.8 Å². The van der Waals surface area contributed by atoms with Crippen molar-refractivity contribution in [3.8, 4) is 0 Å². The first-order chi connectivity index (χ1) is 11.6. The molecule has 0 radical (unpaired) electrons.